The molecule has 1 aromatic rings. The zero-order valence-corrected chi connectivity index (χ0v) is 8.52. The summed E-state index contributed by atoms with van der Waals surface area (Å²) in [6.07, 6.45) is 7.44. The lowest BCUT2D eigenvalue weighted by Gasteiger charge is -1.94. The van der Waals surface area contributed by atoms with Crippen LogP contribution in [0.4, 0.5) is 0 Å². The summed E-state index contributed by atoms with van der Waals surface area (Å²) >= 11 is 0. The van der Waals surface area contributed by atoms with Gasteiger partial charge in [-0.3, -0.25) is 4.55 Å². The summed E-state index contributed by atoms with van der Waals surface area (Å²) in [6, 6.07) is 0. The van der Waals surface area contributed by atoms with Crippen LogP contribution < -0.4 is 4.57 Å². The second-order valence-corrected chi connectivity index (χ2v) is 4.49. The average molecular weight is 217 g/mol. The maximum absolute atomic E-state index is 10.4. The number of aryl methyl sites for hydroxylation is 1. The summed E-state index contributed by atoms with van der Waals surface area (Å²) in [7, 11) is -3.83. The minimum Gasteiger partial charge on any atom is -0.286 e. The van der Waals surface area contributed by atoms with Crippen LogP contribution in [0, 0.1) is 0 Å². The number of hydrogen-bond acceptors (Lipinski definition) is 2. The predicted octanol–water partition coefficient (Wildman–Crippen LogP) is 0.154. The van der Waals surface area contributed by atoms with Gasteiger partial charge in [-0.1, -0.05) is 6.58 Å². The minimum atomic E-state index is -3.83. The second-order valence-electron chi connectivity index (χ2n) is 2.92. The fourth-order valence-electron chi connectivity index (χ4n) is 1.08. The highest BCUT2D eigenvalue weighted by Gasteiger charge is 2.06. The van der Waals surface area contributed by atoms with Crippen LogP contribution in [0.2, 0.25) is 0 Å². The molecule has 5 nitrogen and oxygen atoms in total. The van der Waals surface area contributed by atoms with E-state index >= 15 is 0 Å². The van der Waals surface area contributed by atoms with Gasteiger partial charge in [0.25, 0.3) is 10.1 Å². The van der Waals surface area contributed by atoms with Crippen LogP contribution in [0.25, 0.3) is 6.20 Å². The molecule has 0 radical (unpaired) electrons. The van der Waals surface area contributed by atoms with Crippen molar-refractivity contribution in [1.29, 1.82) is 0 Å². The van der Waals surface area contributed by atoms with Crippen molar-refractivity contribution in [3.63, 3.8) is 0 Å². The standard InChI is InChI=1S/C8H12N2O3S/c1-2-9-5-6-10(8-9)4-3-7-14(11,12)13/h2,5-6,8H,1,3-4,7H2/p+1. The van der Waals surface area contributed by atoms with Crippen LogP contribution in [0.15, 0.2) is 25.3 Å². The Hall–Kier alpha value is -1.14. The van der Waals surface area contributed by atoms with Crippen molar-refractivity contribution in [3.05, 3.63) is 25.3 Å². The Morgan fingerprint density at radius 1 is 1.57 bits per heavy atom. The Morgan fingerprint density at radius 3 is 2.79 bits per heavy atom. The molecule has 1 rings (SSSR count). The average Bonchev–Trinajstić information content (AvgIpc) is 2.50. The topological polar surface area (TPSA) is 63.2 Å². The first-order valence-corrected chi connectivity index (χ1v) is 5.76. The van der Waals surface area contributed by atoms with Gasteiger partial charge in [-0.2, -0.15) is 8.42 Å². The van der Waals surface area contributed by atoms with E-state index in [0.717, 1.165) is 0 Å². The van der Waals surface area contributed by atoms with Gasteiger partial charge in [0, 0.05) is 6.42 Å². The summed E-state index contributed by atoms with van der Waals surface area (Å²) in [5, 5.41) is 0. The van der Waals surface area contributed by atoms with E-state index in [-0.39, 0.29) is 5.75 Å². The first-order valence-electron chi connectivity index (χ1n) is 4.15. The molecule has 78 valence electrons. The third kappa shape index (κ3) is 3.71. The number of aromatic nitrogens is 2. The third-order valence-electron chi connectivity index (χ3n) is 1.74. The largest absolute Gasteiger partial charge is 0.286 e. The van der Waals surface area contributed by atoms with E-state index in [0.29, 0.717) is 13.0 Å². The van der Waals surface area contributed by atoms with Crippen molar-refractivity contribution in [3.8, 4) is 0 Å². The molecular formula is C8H13N2O3S+. The highest BCUT2D eigenvalue weighted by molar-refractivity contribution is 7.85. The van der Waals surface area contributed by atoms with Crippen LogP contribution in [-0.4, -0.2) is 23.3 Å². The Bertz CT molecular complexity index is 408. The van der Waals surface area contributed by atoms with E-state index in [4.69, 9.17) is 4.55 Å². The van der Waals surface area contributed by atoms with Crippen LogP contribution in [0.5, 0.6) is 0 Å². The van der Waals surface area contributed by atoms with Crippen LogP contribution in [0.3, 0.4) is 0 Å². The molecule has 0 fully saturated rings. The molecule has 0 spiro atoms. The lowest BCUT2D eigenvalue weighted by molar-refractivity contribution is -0.696. The molecule has 1 heterocycles. The maximum Gasteiger partial charge on any atom is 0.265 e. The molecule has 1 N–H and O–H groups in total. The molecule has 0 atom stereocenters. The number of hydrogen-bond donors (Lipinski definition) is 1. The molecule has 0 aliphatic carbocycles. The summed E-state index contributed by atoms with van der Waals surface area (Å²) < 4.78 is 32.9. The number of nitrogens with zero attached hydrogens (tertiary/aromatic N) is 2. The van der Waals surface area contributed by atoms with E-state index in [1.54, 1.807) is 23.3 Å². The molecule has 0 amide bonds. The maximum atomic E-state index is 10.4. The molecule has 0 bridgehead atoms. The first-order chi connectivity index (χ1) is 6.51. The molecule has 1 aromatic heterocycles. The molecule has 0 saturated heterocycles. The van der Waals surface area contributed by atoms with E-state index in [9.17, 15) is 8.42 Å². The lowest BCUT2D eigenvalue weighted by atomic mass is 10.5. The van der Waals surface area contributed by atoms with E-state index in [1.807, 2.05) is 10.8 Å². The van der Waals surface area contributed by atoms with Gasteiger partial charge >= 0.3 is 0 Å². The van der Waals surface area contributed by atoms with Crippen molar-refractivity contribution >= 4 is 16.3 Å². The van der Waals surface area contributed by atoms with Gasteiger partial charge in [0.05, 0.1) is 18.5 Å². The lowest BCUT2D eigenvalue weighted by Crippen LogP contribution is -2.31. The van der Waals surface area contributed by atoms with Crippen molar-refractivity contribution < 1.29 is 17.5 Å². The first kappa shape index (κ1) is 10.9. The van der Waals surface area contributed by atoms with Gasteiger partial charge in [-0.25, -0.2) is 9.13 Å². The summed E-state index contributed by atoms with van der Waals surface area (Å²) in [6.45, 7) is 4.13. The van der Waals surface area contributed by atoms with Crippen LogP contribution in [0.1, 0.15) is 6.42 Å². The summed E-state index contributed by atoms with van der Waals surface area (Å²) in [5.74, 6) is -0.209. The molecular weight excluding hydrogens is 204 g/mol. The highest BCUT2D eigenvalue weighted by Crippen LogP contribution is 1.89. The Kier molecular flexibility index (Phi) is 3.43. The normalized spacial score (nSPS) is 11.5. The summed E-state index contributed by atoms with van der Waals surface area (Å²) in [4.78, 5) is 0. The van der Waals surface area contributed by atoms with Gasteiger partial charge in [-0.15, -0.1) is 0 Å². The fourth-order valence-corrected chi connectivity index (χ4v) is 1.57. The highest BCUT2D eigenvalue weighted by atomic mass is 32.2. The van der Waals surface area contributed by atoms with Gasteiger partial charge in [0.2, 0.25) is 6.33 Å². The fraction of sp³-hybridized carbons (Fsp3) is 0.375. The molecule has 6 heteroatoms. The zero-order chi connectivity index (χ0) is 10.6. The number of rotatable bonds is 5. The second kappa shape index (κ2) is 4.39. The zero-order valence-electron chi connectivity index (χ0n) is 7.70. The Morgan fingerprint density at radius 2 is 2.29 bits per heavy atom. The van der Waals surface area contributed by atoms with Gasteiger partial charge < -0.3 is 0 Å². The molecule has 14 heavy (non-hydrogen) atoms. The van der Waals surface area contributed by atoms with Crippen LogP contribution >= 0.6 is 0 Å². The van der Waals surface area contributed by atoms with E-state index in [1.165, 1.54) is 0 Å². The van der Waals surface area contributed by atoms with Crippen molar-refractivity contribution in [1.82, 2.24) is 4.57 Å². The van der Waals surface area contributed by atoms with Crippen molar-refractivity contribution in [2.45, 2.75) is 13.0 Å². The Labute approximate surface area is 83.0 Å². The third-order valence-corrected chi connectivity index (χ3v) is 2.55. The quantitative estimate of drug-likeness (QED) is 0.564. The summed E-state index contributed by atoms with van der Waals surface area (Å²) in [5.41, 5.74) is 0. The molecule has 0 aliphatic rings. The number of imidazole rings is 1. The smallest absolute Gasteiger partial charge is 0.265 e. The monoisotopic (exact) mass is 217 g/mol. The molecule has 0 aliphatic heterocycles. The SMILES string of the molecule is C=Cn1cc[n+](CCCS(=O)(=O)O)c1. The molecule has 0 aromatic carbocycles. The van der Waals surface area contributed by atoms with Gasteiger partial charge in [-0.05, 0) is 0 Å². The molecule has 0 saturated carbocycles. The van der Waals surface area contributed by atoms with Crippen molar-refractivity contribution in [2.75, 3.05) is 5.75 Å². The predicted molar refractivity (Wildman–Crippen MR) is 52.0 cm³/mol. The van der Waals surface area contributed by atoms with Crippen molar-refractivity contribution in [2.24, 2.45) is 0 Å². The van der Waals surface area contributed by atoms with E-state index in [2.05, 4.69) is 6.58 Å². The van der Waals surface area contributed by atoms with E-state index < -0.39 is 10.1 Å². The van der Waals surface area contributed by atoms with Gasteiger partial charge in [0.1, 0.15) is 12.4 Å². The Balaban J connectivity index is 2.42. The minimum absolute atomic E-state index is 0.209. The molecule has 0 unspecified atom stereocenters. The van der Waals surface area contributed by atoms with Gasteiger partial charge in [0.15, 0.2) is 0 Å². The van der Waals surface area contributed by atoms with Crippen LogP contribution in [-0.2, 0) is 16.7 Å².